The van der Waals surface area contributed by atoms with Gasteiger partial charge in [0.2, 0.25) is 0 Å². The van der Waals surface area contributed by atoms with Crippen LogP contribution < -0.4 is 5.32 Å². The van der Waals surface area contributed by atoms with Crippen molar-refractivity contribution in [3.63, 3.8) is 0 Å². The second-order valence-electron chi connectivity index (χ2n) is 4.86. The Morgan fingerprint density at radius 1 is 1.32 bits per heavy atom. The minimum Gasteiger partial charge on any atom is -0.462 e. The number of carbonyl (C=O) groups excluding carboxylic acids is 1. The van der Waals surface area contributed by atoms with Crippen molar-refractivity contribution < 1.29 is 9.53 Å². The van der Waals surface area contributed by atoms with E-state index in [-0.39, 0.29) is 5.97 Å². The number of rotatable bonds is 4. The summed E-state index contributed by atoms with van der Waals surface area (Å²) >= 11 is 0. The van der Waals surface area contributed by atoms with Crippen LogP contribution in [-0.4, -0.2) is 27.8 Å². The lowest BCUT2D eigenvalue weighted by Crippen LogP contribution is -2.04. The molecule has 3 rings (SSSR count). The lowest BCUT2D eigenvalue weighted by molar-refractivity contribution is 0.0526. The number of benzene rings is 1. The van der Waals surface area contributed by atoms with E-state index in [1.54, 1.807) is 25.3 Å². The maximum absolute atomic E-state index is 11.6. The number of nitrogens with one attached hydrogen (secondary N) is 2. The second kappa shape index (κ2) is 5.85. The van der Waals surface area contributed by atoms with Crippen molar-refractivity contribution in [2.45, 2.75) is 13.8 Å². The predicted molar refractivity (Wildman–Crippen MR) is 84.3 cm³/mol. The molecule has 112 valence electrons. The summed E-state index contributed by atoms with van der Waals surface area (Å²) in [5.41, 5.74) is 4.86. The van der Waals surface area contributed by atoms with Crippen molar-refractivity contribution in [2.24, 2.45) is 0 Å². The van der Waals surface area contributed by atoms with Crippen LogP contribution in [0.4, 0.5) is 11.4 Å². The maximum atomic E-state index is 11.6. The molecule has 0 saturated heterocycles. The highest BCUT2D eigenvalue weighted by atomic mass is 16.5. The normalized spacial score (nSPS) is 10.6. The number of hydrogen-bond donors (Lipinski definition) is 2. The highest BCUT2D eigenvalue weighted by Gasteiger charge is 2.08. The average molecular weight is 296 g/mol. The molecule has 2 aromatic heterocycles. The first-order valence-corrected chi connectivity index (χ1v) is 7.02. The molecule has 3 aromatic rings. The van der Waals surface area contributed by atoms with Gasteiger partial charge in [0.15, 0.2) is 0 Å². The molecule has 0 aliphatic rings. The molecule has 0 saturated carbocycles. The predicted octanol–water partition coefficient (Wildman–Crippen LogP) is 3.19. The highest BCUT2D eigenvalue weighted by molar-refractivity contribution is 5.91. The first-order chi connectivity index (χ1) is 10.7. The van der Waals surface area contributed by atoms with E-state index in [1.165, 1.54) is 0 Å². The minimum absolute atomic E-state index is 0.315. The van der Waals surface area contributed by atoms with E-state index in [2.05, 4.69) is 20.5 Å². The summed E-state index contributed by atoms with van der Waals surface area (Å²) < 4.78 is 4.97. The van der Waals surface area contributed by atoms with E-state index in [4.69, 9.17) is 4.74 Å². The third-order valence-corrected chi connectivity index (χ3v) is 3.21. The van der Waals surface area contributed by atoms with E-state index in [1.807, 2.05) is 25.1 Å². The second-order valence-corrected chi connectivity index (χ2v) is 4.86. The van der Waals surface area contributed by atoms with Gasteiger partial charge in [0.05, 0.1) is 24.1 Å². The Bertz CT molecular complexity index is 809. The smallest absolute Gasteiger partial charge is 0.338 e. The summed E-state index contributed by atoms with van der Waals surface area (Å²) in [6, 6.07) is 9.09. The van der Waals surface area contributed by atoms with Gasteiger partial charge in [-0.25, -0.2) is 9.78 Å². The van der Waals surface area contributed by atoms with E-state index < -0.39 is 0 Å². The number of anilines is 2. The average Bonchev–Trinajstić information content (AvgIpc) is 2.96. The summed E-state index contributed by atoms with van der Waals surface area (Å²) in [4.78, 5) is 16.0. The molecular weight excluding hydrogens is 280 g/mol. The van der Waals surface area contributed by atoms with Crippen LogP contribution in [0.1, 0.15) is 23.0 Å². The van der Waals surface area contributed by atoms with Gasteiger partial charge in [-0.2, -0.15) is 5.10 Å². The van der Waals surface area contributed by atoms with Crippen LogP contribution in [0.3, 0.4) is 0 Å². The number of esters is 1. The quantitative estimate of drug-likeness (QED) is 0.723. The summed E-state index contributed by atoms with van der Waals surface area (Å²) in [6.45, 7) is 4.09. The molecule has 0 spiro atoms. The van der Waals surface area contributed by atoms with Gasteiger partial charge in [0.25, 0.3) is 0 Å². The highest BCUT2D eigenvalue weighted by Crippen LogP contribution is 2.24. The Kier molecular flexibility index (Phi) is 3.74. The Hall–Kier alpha value is -2.89. The van der Waals surface area contributed by atoms with Gasteiger partial charge in [0, 0.05) is 11.4 Å². The van der Waals surface area contributed by atoms with Crippen LogP contribution in [0, 0.1) is 6.92 Å². The number of nitrogens with zero attached hydrogens (tertiary/aromatic N) is 2. The third-order valence-electron chi connectivity index (χ3n) is 3.21. The van der Waals surface area contributed by atoms with Crippen molar-refractivity contribution in [1.29, 1.82) is 0 Å². The monoisotopic (exact) mass is 296 g/mol. The molecule has 2 heterocycles. The van der Waals surface area contributed by atoms with Crippen LogP contribution in [0.25, 0.3) is 11.0 Å². The number of H-pyrrole nitrogens is 1. The molecule has 1 aromatic carbocycles. The molecule has 6 nitrogen and oxygen atoms in total. The molecule has 0 fully saturated rings. The Labute approximate surface area is 127 Å². The van der Waals surface area contributed by atoms with E-state index >= 15 is 0 Å². The van der Waals surface area contributed by atoms with E-state index in [9.17, 15) is 4.79 Å². The largest absolute Gasteiger partial charge is 0.462 e. The Morgan fingerprint density at radius 2 is 2.09 bits per heavy atom. The van der Waals surface area contributed by atoms with Crippen molar-refractivity contribution in [3.05, 3.63) is 47.8 Å². The molecule has 0 radical (unpaired) electrons. The van der Waals surface area contributed by atoms with Gasteiger partial charge in [0.1, 0.15) is 11.0 Å². The fraction of sp³-hybridized carbons (Fsp3) is 0.188. The summed E-state index contributed by atoms with van der Waals surface area (Å²) in [7, 11) is 0. The molecule has 0 amide bonds. The van der Waals surface area contributed by atoms with Crippen molar-refractivity contribution in [1.82, 2.24) is 15.2 Å². The third kappa shape index (κ3) is 2.76. The lowest BCUT2D eigenvalue weighted by atomic mass is 10.2. The van der Waals surface area contributed by atoms with Crippen molar-refractivity contribution in [3.8, 4) is 0 Å². The van der Waals surface area contributed by atoms with Crippen LogP contribution in [0.2, 0.25) is 0 Å². The molecule has 0 unspecified atom stereocenters. The summed E-state index contributed by atoms with van der Waals surface area (Å²) in [5.74, 6) is -0.315. The van der Waals surface area contributed by atoms with Gasteiger partial charge in [-0.1, -0.05) is 0 Å². The Balaban J connectivity index is 1.86. The zero-order valence-electron chi connectivity index (χ0n) is 12.4. The zero-order chi connectivity index (χ0) is 15.5. The number of ether oxygens (including phenoxy) is 1. The van der Waals surface area contributed by atoms with Crippen LogP contribution in [0.5, 0.6) is 0 Å². The van der Waals surface area contributed by atoms with Crippen molar-refractivity contribution >= 4 is 28.4 Å². The SMILES string of the molecule is CCOC(=O)c1ccc(Nc2cc(C)nc3cn[nH]c23)cc1. The number of hydrogen-bond acceptors (Lipinski definition) is 5. The minimum atomic E-state index is -0.315. The number of carbonyl (C=O) groups is 1. The fourth-order valence-corrected chi connectivity index (χ4v) is 2.22. The number of fused-ring (bicyclic) bond motifs is 1. The van der Waals surface area contributed by atoms with Gasteiger partial charge in [-0.05, 0) is 44.2 Å². The van der Waals surface area contributed by atoms with E-state index in [0.717, 1.165) is 28.1 Å². The Morgan fingerprint density at radius 3 is 2.82 bits per heavy atom. The van der Waals surface area contributed by atoms with Gasteiger partial charge in [-0.15, -0.1) is 0 Å². The van der Waals surface area contributed by atoms with Crippen LogP contribution >= 0.6 is 0 Å². The standard InChI is InChI=1S/C16H16N4O2/c1-3-22-16(21)11-4-6-12(7-5-11)19-13-8-10(2)18-14-9-17-20-15(13)14/h4-9H,3H2,1-2H3,(H,17,20)(H,18,19). The van der Waals surface area contributed by atoms with E-state index in [0.29, 0.717) is 12.2 Å². The first kappa shape index (κ1) is 14.1. The molecular formula is C16H16N4O2. The van der Waals surface area contributed by atoms with Gasteiger partial charge >= 0.3 is 5.97 Å². The molecule has 6 heteroatoms. The first-order valence-electron chi connectivity index (χ1n) is 7.02. The fourth-order valence-electron chi connectivity index (χ4n) is 2.22. The molecule has 22 heavy (non-hydrogen) atoms. The summed E-state index contributed by atoms with van der Waals surface area (Å²) in [5, 5.41) is 10.3. The van der Waals surface area contributed by atoms with Gasteiger partial charge < -0.3 is 10.1 Å². The lowest BCUT2D eigenvalue weighted by Gasteiger charge is -2.09. The van der Waals surface area contributed by atoms with Crippen LogP contribution in [0.15, 0.2) is 36.5 Å². The number of aromatic amines is 1. The molecule has 0 aliphatic carbocycles. The molecule has 0 aliphatic heterocycles. The molecule has 2 N–H and O–H groups in total. The maximum Gasteiger partial charge on any atom is 0.338 e. The van der Waals surface area contributed by atoms with Crippen molar-refractivity contribution in [2.75, 3.05) is 11.9 Å². The zero-order valence-corrected chi connectivity index (χ0v) is 12.4. The number of aryl methyl sites for hydroxylation is 1. The molecule has 0 bridgehead atoms. The number of pyridine rings is 1. The van der Waals surface area contributed by atoms with Crippen LogP contribution in [-0.2, 0) is 4.74 Å². The number of aromatic nitrogens is 3. The molecule has 0 atom stereocenters. The van der Waals surface area contributed by atoms with Gasteiger partial charge in [-0.3, -0.25) is 5.10 Å². The summed E-state index contributed by atoms with van der Waals surface area (Å²) in [6.07, 6.45) is 1.69. The topological polar surface area (TPSA) is 79.9 Å².